The van der Waals surface area contributed by atoms with Crippen LogP contribution >= 0.6 is 15.9 Å². The number of para-hydroxylation sites is 1. The van der Waals surface area contributed by atoms with Crippen molar-refractivity contribution in [3.63, 3.8) is 0 Å². The minimum absolute atomic E-state index is 0.136. The first-order valence-electron chi connectivity index (χ1n) is 7.15. The van der Waals surface area contributed by atoms with Crippen LogP contribution in [0.15, 0.2) is 46.9 Å². The molecule has 0 aliphatic heterocycles. The second kappa shape index (κ2) is 7.77. The fourth-order valence-corrected chi connectivity index (χ4v) is 2.66. The summed E-state index contributed by atoms with van der Waals surface area (Å²) in [5.74, 6) is -4.97. The number of benzene rings is 2. The summed E-state index contributed by atoms with van der Waals surface area (Å²) >= 11 is 3.20. The topological polar surface area (TPSA) is 78.6 Å². The van der Waals surface area contributed by atoms with Gasteiger partial charge >= 0.3 is 18.1 Å². The summed E-state index contributed by atoms with van der Waals surface area (Å²) in [5, 5.41) is 0. The van der Waals surface area contributed by atoms with Crippen LogP contribution in [0.25, 0.3) is 0 Å². The van der Waals surface area contributed by atoms with Crippen LogP contribution in [-0.4, -0.2) is 25.2 Å². The summed E-state index contributed by atoms with van der Waals surface area (Å²) in [6, 6.07) is 10.7. The van der Waals surface area contributed by atoms with E-state index in [0.717, 1.165) is 0 Å². The highest BCUT2D eigenvalue weighted by atomic mass is 79.9. The third-order valence-electron chi connectivity index (χ3n) is 3.49. The largest absolute Gasteiger partial charge is 0.497 e. The lowest BCUT2D eigenvalue weighted by molar-refractivity contribution is -0.202. The van der Waals surface area contributed by atoms with Crippen LogP contribution in [0, 0.1) is 0 Å². The van der Waals surface area contributed by atoms with E-state index in [2.05, 4.69) is 20.7 Å². The fraction of sp³-hybridized carbons (Fsp3) is 0.176. The fourth-order valence-electron chi connectivity index (χ4n) is 2.28. The molecule has 1 unspecified atom stereocenters. The molecule has 0 amide bonds. The predicted molar refractivity (Wildman–Crippen MR) is 90.5 cm³/mol. The lowest BCUT2D eigenvalue weighted by Gasteiger charge is -2.19. The molecule has 0 saturated heterocycles. The molecule has 0 aliphatic rings. The van der Waals surface area contributed by atoms with Crippen molar-refractivity contribution >= 4 is 33.6 Å². The quantitative estimate of drug-likeness (QED) is 0.452. The van der Waals surface area contributed by atoms with E-state index in [9.17, 15) is 22.8 Å². The number of carbonyl (C=O) groups excluding carboxylic acids is 2. The van der Waals surface area contributed by atoms with E-state index >= 15 is 0 Å². The Hall–Kier alpha value is -2.55. The molecule has 138 valence electrons. The smallest absolute Gasteiger partial charge is 0.491 e. The van der Waals surface area contributed by atoms with Crippen LogP contribution in [0.4, 0.5) is 18.9 Å². The molecule has 0 bridgehead atoms. The Kier molecular flexibility index (Phi) is 5.91. The monoisotopic (exact) mass is 431 g/mol. The van der Waals surface area contributed by atoms with E-state index in [1.165, 1.54) is 25.3 Å². The Morgan fingerprint density at radius 2 is 1.81 bits per heavy atom. The highest BCUT2D eigenvalue weighted by Gasteiger charge is 2.44. The molecule has 0 aliphatic carbocycles. The number of ether oxygens (including phenoxy) is 2. The van der Waals surface area contributed by atoms with Crippen molar-refractivity contribution in [1.29, 1.82) is 0 Å². The summed E-state index contributed by atoms with van der Waals surface area (Å²) in [4.78, 5) is 23.5. The maximum absolute atomic E-state index is 12.5. The number of hydrogen-bond acceptors (Lipinski definition) is 5. The number of methoxy groups -OCH3 is 1. The summed E-state index contributed by atoms with van der Waals surface area (Å²) in [6.07, 6.45) is -5.29. The van der Waals surface area contributed by atoms with Gasteiger partial charge in [0.25, 0.3) is 0 Å². The van der Waals surface area contributed by atoms with Crippen molar-refractivity contribution in [2.75, 3.05) is 12.8 Å². The molecule has 0 saturated carbocycles. The minimum atomic E-state index is -5.29. The van der Waals surface area contributed by atoms with E-state index in [0.29, 0.717) is 10.2 Å². The van der Waals surface area contributed by atoms with Gasteiger partial charge in [0.15, 0.2) is 0 Å². The zero-order valence-electron chi connectivity index (χ0n) is 13.3. The molecule has 0 spiro atoms. The SMILES string of the molecule is COc1cccc(C(C(=O)OC(=O)C(F)(F)F)c2cccc(Br)c2N)c1. The predicted octanol–water partition coefficient (Wildman–Crippen LogP) is 3.80. The Bertz CT molecular complexity index is 839. The number of esters is 2. The van der Waals surface area contributed by atoms with E-state index in [4.69, 9.17) is 10.5 Å². The molecule has 0 heterocycles. The van der Waals surface area contributed by atoms with Crippen LogP contribution in [0.2, 0.25) is 0 Å². The molecule has 2 aromatic rings. The van der Waals surface area contributed by atoms with Gasteiger partial charge in [0.1, 0.15) is 11.7 Å². The van der Waals surface area contributed by atoms with Gasteiger partial charge in [-0.05, 0) is 45.3 Å². The van der Waals surface area contributed by atoms with Crippen LogP contribution in [-0.2, 0) is 14.3 Å². The molecule has 0 radical (unpaired) electrons. The Morgan fingerprint density at radius 1 is 1.15 bits per heavy atom. The molecule has 2 aromatic carbocycles. The molecule has 26 heavy (non-hydrogen) atoms. The van der Waals surface area contributed by atoms with Gasteiger partial charge in [0, 0.05) is 4.47 Å². The Morgan fingerprint density at radius 3 is 2.42 bits per heavy atom. The molecule has 2 rings (SSSR count). The highest BCUT2D eigenvalue weighted by Crippen LogP contribution is 2.35. The minimum Gasteiger partial charge on any atom is -0.497 e. The van der Waals surface area contributed by atoms with Crippen molar-refractivity contribution in [1.82, 2.24) is 0 Å². The van der Waals surface area contributed by atoms with Gasteiger partial charge in [0.05, 0.1) is 12.8 Å². The summed E-state index contributed by atoms with van der Waals surface area (Å²) < 4.78 is 46.9. The average Bonchev–Trinajstić information content (AvgIpc) is 2.58. The lowest BCUT2D eigenvalue weighted by Crippen LogP contribution is -2.30. The third-order valence-corrected chi connectivity index (χ3v) is 4.18. The number of halogens is 4. The van der Waals surface area contributed by atoms with E-state index in [1.54, 1.807) is 24.3 Å². The number of nitrogens with two attached hydrogens (primary N) is 1. The molecule has 0 fully saturated rings. The van der Waals surface area contributed by atoms with Gasteiger partial charge in [-0.3, -0.25) is 4.79 Å². The molecular weight excluding hydrogens is 419 g/mol. The van der Waals surface area contributed by atoms with Crippen molar-refractivity contribution < 1.29 is 32.2 Å². The van der Waals surface area contributed by atoms with Gasteiger partial charge in [-0.25, -0.2) is 4.79 Å². The van der Waals surface area contributed by atoms with Crippen molar-refractivity contribution in [3.05, 3.63) is 58.1 Å². The second-order valence-corrected chi connectivity index (χ2v) is 6.01. The maximum Gasteiger partial charge on any atom is 0.491 e. The van der Waals surface area contributed by atoms with Gasteiger partial charge in [-0.1, -0.05) is 24.3 Å². The summed E-state index contributed by atoms with van der Waals surface area (Å²) in [6.45, 7) is 0. The lowest BCUT2D eigenvalue weighted by atomic mass is 9.90. The first kappa shape index (κ1) is 19.8. The van der Waals surface area contributed by atoms with Crippen LogP contribution in [0.5, 0.6) is 5.75 Å². The van der Waals surface area contributed by atoms with Gasteiger partial charge < -0.3 is 15.2 Å². The zero-order valence-corrected chi connectivity index (χ0v) is 14.9. The normalized spacial score (nSPS) is 12.3. The van der Waals surface area contributed by atoms with Crippen molar-refractivity contribution in [3.8, 4) is 5.75 Å². The molecular formula is C17H13BrF3NO4. The average molecular weight is 432 g/mol. The molecule has 9 heteroatoms. The molecule has 1 atom stereocenters. The van der Waals surface area contributed by atoms with Crippen LogP contribution in [0.3, 0.4) is 0 Å². The summed E-state index contributed by atoms with van der Waals surface area (Å²) in [7, 11) is 1.40. The van der Waals surface area contributed by atoms with E-state index < -0.39 is 24.0 Å². The zero-order chi connectivity index (χ0) is 19.5. The number of alkyl halides is 3. The van der Waals surface area contributed by atoms with Crippen LogP contribution < -0.4 is 10.5 Å². The molecule has 0 aromatic heterocycles. The van der Waals surface area contributed by atoms with Gasteiger partial charge in [0.2, 0.25) is 0 Å². The number of carbonyl (C=O) groups is 2. The van der Waals surface area contributed by atoms with Gasteiger partial charge in [-0.15, -0.1) is 0 Å². The standard InChI is InChI=1S/C17H13BrF3NO4/c1-25-10-5-2-4-9(8-10)13(11-6-3-7-12(18)14(11)22)15(23)26-16(24)17(19,20)21/h2-8,13H,22H2,1H3. The maximum atomic E-state index is 12.5. The van der Waals surface area contributed by atoms with Gasteiger partial charge in [-0.2, -0.15) is 13.2 Å². The number of anilines is 1. The van der Waals surface area contributed by atoms with E-state index in [1.807, 2.05) is 0 Å². The first-order valence-corrected chi connectivity index (χ1v) is 7.95. The van der Waals surface area contributed by atoms with Crippen LogP contribution in [0.1, 0.15) is 17.0 Å². The third kappa shape index (κ3) is 4.34. The van der Waals surface area contributed by atoms with Crippen molar-refractivity contribution in [2.24, 2.45) is 0 Å². The first-order chi connectivity index (χ1) is 12.1. The van der Waals surface area contributed by atoms with Crippen molar-refractivity contribution in [2.45, 2.75) is 12.1 Å². The number of rotatable bonds is 4. The Labute approximate surface area is 155 Å². The second-order valence-electron chi connectivity index (χ2n) is 5.16. The Balaban J connectivity index is 2.53. The molecule has 2 N–H and O–H groups in total. The highest BCUT2D eigenvalue weighted by molar-refractivity contribution is 9.10. The number of hydrogen-bond donors (Lipinski definition) is 1. The summed E-state index contributed by atoms with van der Waals surface area (Å²) in [5.41, 5.74) is 6.53. The number of nitrogen functional groups attached to an aromatic ring is 1. The molecule has 5 nitrogen and oxygen atoms in total. The van der Waals surface area contributed by atoms with E-state index in [-0.39, 0.29) is 16.8 Å².